The van der Waals surface area contributed by atoms with Crippen LogP contribution >= 0.6 is 24.0 Å². The van der Waals surface area contributed by atoms with Crippen molar-refractivity contribution in [3.8, 4) is 5.75 Å². The molecule has 0 aliphatic carbocycles. The van der Waals surface area contributed by atoms with Crippen LogP contribution in [0.5, 0.6) is 5.75 Å². The highest BCUT2D eigenvalue weighted by Crippen LogP contribution is 2.13. The Morgan fingerprint density at radius 2 is 2.21 bits per heavy atom. The summed E-state index contributed by atoms with van der Waals surface area (Å²) < 4.78 is 10.8. The number of aromatic nitrogens is 2. The molecule has 2 N–H and O–H groups in total. The van der Waals surface area contributed by atoms with Gasteiger partial charge in [0.2, 0.25) is 0 Å². The summed E-state index contributed by atoms with van der Waals surface area (Å²) in [5.74, 6) is 2.57. The highest BCUT2D eigenvalue weighted by molar-refractivity contribution is 14.0. The van der Waals surface area contributed by atoms with E-state index in [2.05, 4.69) is 39.6 Å². The lowest BCUT2D eigenvalue weighted by Crippen LogP contribution is -2.38. The fourth-order valence-electron chi connectivity index (χ4n) is 1.85. The second kappa shape index (κ2) is 10.8. The third kappa shape index (κ3) is 6.73. The van der Waals surface area contributed by atoms with Gasteiger partial charge in [0.05, 0.1) is 25.0 Å². The van der Waals surface area contributed by atoms with Crippen molar-refractivity contribution in [2.24, 2.45) is 4.99 Å². The average molecular weight is 445 g/mol. The number of rotatable bonds is 7. The Bertz CT molecular complexity index is 616. The zero-order valence-electron chi connectivity index (χ0n) is 14.2. The summed E-state index contributed by atoms with van der Waals surface area (Å²) in [5.41, 5.74) is 0.953. The molecule has 0 radical (unpaired) electrons. The van der Waals surface area contributed by atoms with Crippen molar-refractivity contribution in [1.29, 1.82) is 0 Å². The summed E-state index contributed by atoms with van der Waals surface area (Å²) in [4.78, 5) is 8.15. The molecule has 0 atom stereocenters. The second-order valence-corrected chi connectivity index (χ2v) is 5.26. The molecular weight excluding hydrogens is 421 g/mol. The number of aliphatic imine (C=N–C) groups is 1. The molecule has 24 heavy (non-hydrogen) atoms. The molecule has 2 heterocycles. The molecule has 8 heteroatoms. The van der Waals surface area contributed by atoms with E-state index < -0.39 is 0 Å². The van der Waals surface area contributed by atoms with Crippen molar-refractivity contribution in [1.82, 2.24) is 20.8 Å². The SMILES string of the molecule is CN=C(NCCOc1cccnc1)NCc1cc(C(C)C)no1.I. The Labute approximate surface area is 159 Å². The van der Waals surface area contributed by atoms with Crippen LogP contribution < -0.4 is 15.4 Å². The second-order valence-electron chi connectivity index (χ2n) is 5.26. The van der Waals surface area contributed by atoms with Gasteiger partial charge in [0.1, 0.15) is 12.4 Å². The van der Waals surface area contributed by atoms with Crippen LogP contribution in [0.2, 0.25) is 0 Å². The fourth-order valence-corrected chi connectivity index (χ4v) is 1.85. The van der Waals surface area contributed by atoms with Crippen LogP contribution in [0.25, 0.3) is 0 Å². The van der Waals surface area contributed by atoms with E-state index in [-0.39, 0.29) is 24.0 Å². The fraction of sp³-hybridized carbons (Fsp3) is 0.438. The maximum atomic E-state index is 5.56. The van der Waals surface area contributed by atoms with Crippen LogP contribution in [0, 0.1) is 0 Å². The summed E-state index contributed by atoms with van der Waals surface area (Å²) in [5, 5.41) is 10.4. The predicted octanol–water partition coefficient (Wildman–Crippen LogP) is 2.56. The molecule has 2 aromatic rings. The van der Waals surface area contributed by atoms with Crippen LogP contribution in [-0.2, 0) is 6.54 Å². The standard InChI is InChI=1S/C16H23N5O2.HI/c1-12(2)15-9-14(23-21-15)11-20-16(17-3)19-7-8-22-13-5-4-6-18-10-13;/h4-6,9-10,12H,7-8,11H2,1-3H3,(H2,17,19,20);1H. The third-order valence-corrected chi connectivity index (χ3v) is 3.12. The van der Waals surface area contributed by atoms with E-state index in [9.17, 15) is 0 Å². The van der Waals surface area contributed by atoms with Gasteiger partial charge in [-0.2, -0.15) is 0 Å². The van der Waals surface area contributed by atoms with Crippen molar-refractivity contribution in [3.63, 3.8) is 0 Å². The molecule has 0 fully saturated rings. The number of ether oxygens (including phenoxy) is 1. The van der Waals surface area contributed by atoms with Crippen LogP contribution in [0.4, 0.5) is 0 Å². The number of guanidine groups is 1. The Morgan fingerprint density at radius 3 is 2.83 bits per heavy atom. The number of halogens is 1. The van der Waals surface area contributed by atoms with E-state index in [4.69, 9.17) is 9.26 Å². The molecule has 0 aliphatic rings. The van der Waals surface area contributed by atoms with Gasteiger partial charge in [0.25, 0.3) is 0 Å². The van der Waals surface area contributed by atoms with Crippen LogP contribution in [0.1, 0.15) is 31.2 Å². The Morgan fingerprint density at radius 1 is 1.38 bits per heavy atom. The number of pyridine rings is 1. The largest absolute Gasteiger partial charge is 0.490 e. The van der Waals surface area contributed by atoms with Gasteiger partial charge in [0.15, 0.2) is 11.7 Å². The molecule has 0 saturated carbocycles. The zero-order chi connectivity index (χ0) is 16.5. The lowest BCUT2D eigenvalue weighted by Gasteiger charge is -2.11. The molecule has 0 unspecified atom stereocenters. The lowest BCUT2D eigenvalue weighted by atomic mass is 10.1. The molecule has 0 saturated heterocycles. The maximum absolute atomic E-state index is 5.56. The first-order valence-corrected chi connectivity index (χ1v) is 7.62. The van der Waals surface area contributed by atoms with Gasteiger partial charge in [-0.1, -0.05) is 19.0 Å². The third-order valence-electron chi connectivity index (χ3n) is 3.12. The number of nitrogens with zero attached hydrogens (tertiary/aromatic N) is 3. The van der Waals surface area contributed by atoms with Crippen molar-refractivity contribution in [3.05, 3.63) is 42.0 Å². The summed E-state index contributed by atoms with van der Waals surface area (Å²) in [6, 6.07) is 5.67. The minimum Gasteiger partial charge on any atom is -0.490 e. The van der Waals surface area contributed by atoms with Gasteiger partial charge in [-0.15, -0.1) is 24.0 Å². The Kier molecular flexibility index (Phi) is 9.13. The predicted molar refractivity (Wildman–Crippen MR) is 104 cm³/mol. The molecular formula is C16H24IN5O2. The smallest absolute Gasteiger partial charge is 0.191 e. The highest BCUT2D eigenvalue weighted by atomic mass is 127. The van der Waals surface area contributed by atoms with E-state index >= 15 is 0 Å². The Balaban J connectivity index is 0.00000288. The number of nitrogens with one attached hydrogen (secondary N) is 2. The number of hydrogen-bond acceptors (Lipinski definition) is 5. The quantitative estimate of drug-likeness (QED) is 0.295. The minimum absolute atomic E-state index is 0. The first kappa shape index (κ1) is 20.2. The van der Waals surface area contributed by atoms with Gasteiger partial charge in [-0.3, -0.25) is 9.98 Å². The monoisotopic (exact) mass is 445 g/mol. The van der Waals surface area contributed by atoms with Gasteiger partial charge < -0.3 is 19.9 Å². The topological polar surface area (TPSA) is 84.6 Å². The normalized spacial score (nSPS) is 11.1. The molecule has 7 nitrogen and oxygen atoms in total. The van der Waals surface area contributed by atoms with Crippen molar-refractivity contribution >= 4 is 29.9 Å². The van der Waals surface area contributed by atoms with Gasteiger partial charge >= 0.3 is 0 Å². The molecule has 132 valence electrons. The van der Waals surface area contributed by atoms with E-state index in [1.807, 2.05) is 18.2 Å². The van der Waals surface area contributed by atoms with Crippen LogP contribution in [0.3, 0.4) is 0 Å². The molecule has 2 aromatic heterocycles. The van der Waals surface area contributed by atoms with E-state index in [1.54, 1.807) is 19.4 Å². The summed E-state index contributed by atoms with van der Waals surface area (Å²) in [6.07, 6.45) is 3.40. The molecule has 0 bridgehead atoms. The molecule has 0 aromatic carbocycles. The molecule has 0 amide bonds. The van der Waals surface area contributed by atoms with Crippen molar-refractivity contribution in [2.45, 2.75) is 26.3 Å². The summed E-state index contributed by atoms with van der Waals surface area (Å²) in [7, 11) is 1.72. The highest BCUT2D eigenvalue weighted by Gasteiger charge is 2.08. The average Bonchev–Trinajstić information content (AvgIpc) is 3.04. The molecule has 2 rings (SSSR count). The van der Waals surface area contributed by atoms with Crippen LogP contribution in [-0.4, -0.2) is 36.3 Å². The Hall–Kier alpha value is -1.84. The first-order chi connectivity index (χ1) is 11.2. The van der Waals surface area contributed by atoms with Crippen molar-refractivity contribution < 1.29 is 9.26 Å². The van der Waals surface area contributed by atoms with Gasteiger partial charge in [-0.05, 0) is 18.1 Å². The molecule has 0 spiro atoms. The summed E-state index contributed by atoms with van der Waals surface area (Å²) >= 11 is 0. The maximum Gasteiger partial charge on any atom is 0.191 e. The first-order valence-electron chi connectivity index (χ1n) is 7.62. The van der Waals surface area contributed by atoms with Gasteiger partial charge in [-0.25, -0.2) is 0 Å². The van der Waals surface area contributed by atoms with Crippen molar-refractivity contribution in [2.75, 3.05) is 20.2 Å². The van der Waals surface area contributed by atoms with E-state index in [0.29, 0.717) is 31.6 Å². The molecule has 0 aliphatic heterocycles. The van der Waals surface area contributed by atoms with Gasteiger partial charge in [0, 0.05) is 19.3 Å². The van der Waals surface area contributed by atoms with Crippen LogP contribution in [0.15, 0.2) is 40.1 Å². The lowest BCUT2D eigenvalue weighted by molar-refractivity contribution is 0.320. The minimum atomic E-state index is 0. The van der Waals surface area contributed by atoms with E-state index in [1.165, 1.54) is 0 Å². The zero-order valence-corrected chi connectivity index (χ0v) is 16.5. The summed E-state index contributed by atoms with van der Waals surface area (Å²) in [6.45, 7) is 5.84. The van der Waals surface area contributed by atoms with E-state index in [0.717, 1.165) is 17.2 Å². The number of hydrogen-bond donors (Lipinski definition) is 2.